The minimum atomic E-state index is 0.394. The second kappa shape index (κ2) is 8.21. The zero-order chi connectivity index (χ0) is 17.6. The first-order valence-electron chi connectivity index (χ1n) is 9.61. The summed E-state index contributed by atoms with van der Waals surface area (Å²) in [4.78, 5) is 18.4. The van der Waals surface area contributed by atoms with Crippen LogP contribution in [-0.4, -0.2) is 41.1 Å². The standard InChI is InChI=1S/C19H25N7/c1-4-10-16(11-5-1)23-24-17-20-18(25-12-6-2-7-13-25)22-19(21-17)26-14-8-3-9-15-26/h1,4-5,10-11H,2-3,6-9,12-15H2. The molecule has 2 saturated heterocycles. The summed E-state index contributed by atoms with van der Waals surface area (Å²) < 4.78 is 0. The minimum Gasteiger partial charge on any atom is -0.341 e. The number of rotatable bonds is 4. The fraction of sp³-hybridized carbons (Fsp3) is 0.526. The Bertz CT molecular complexity index is 699. The van der Waals surface area contributed by atoms with Gasteiger partial charge in [-0.15, -0.1) is 10.2 Å². The zero-order valence-electron chi connectivity index (χ0n) is 15.1. The van der Waals surface area contributed by atoms with Gasteiger partial charge in [0.1, 0.15) is 0 Å². The summed E-state index contributed by atoms with van der Waals surface area (Å²) in [6, 6.07) is 9.69. The van der Waals surface area contributed by atoms with Crippen molar-refractivity contribution in [2.24, 2.45) is 10.2 Å². The lowest BCUT2D eigenvalue weighted by Crippen LogP contribution is -2.34. The van der Waals surface area contributed by atoms with Gasteiger partial charge in [-0.1, -0.05) is 18.2 Å². The Kier molecular flexibility index (Phi) is 5.33. The molecule has 0 atom stereocenters. The lowest BCUT2D eigenvalue weighted by Gasteiger charge is -2.29. The monoisotopic (exact) mass is 351 g/mol. The molecule has 0 radical (unpaired) electrons. The van der Waals surface area contributed by atoms with E-state index in [2.05, 4.69) is 30.0 Å². The molecule has 136 valence electrons. The molecule has 1 aromatic heterocycles. The van der Waals surface area contributed by atoms with E-state index in [1.807, 2.05) is 30.3 Å². The molecule has 7 heteroatoms. The Morgan fingerprint density at radius 3 is 1.69 bits per heavy atom. The van der Waals surface area contributed by atoms with E-state index in [9.17, 15) is 0 Å². The van der Waals surface area contributed by atoms with Crippen molar-refractivity contribution in [1.29, 1.82) is 0 Å². The highest BCUT2D eigenvalue weighted by Gasteiger charge is 2.20. The van der Waals surface area contributed by atoms with Gasteiger partial charge in [0.2, 0.25) is 11.9 Å². The maximum absolute atomic E-state index is 4.76. The van der Waals surface area contributed by atoms with Crippen LogP contribution in [0.5, 0.6) is 0 Å². The third-order valence-electron chi connectivity index (χ3n) is 4.89. The smallest absolute Gasteiger partial charge is 0.275 e. The first-order chi connectivity index (χ1) is 12.9. The Balaban J connectivity index is 1.63. The van der Waals surface area contributed by atoms with Crippen molar-refractivity contribution < 1.29 is 0 Å². The van der Waals surface area contributed by atoms with Crippen LogP contribution in [0.2, 0.25) is 0 Å². The SMILES string of the molecule is c1ccc(N=Nc2nc(N3CCCCC3)nc(N3CCCCC3)n2)cc1. The fourth-order valence-corrected chi connectivity index (χ4v) is 3.46. The van der Waals surface area contributed by atoms with E-state index in [-0.39, 0.29) is 0 Å². The maximum atomic E-state index is 4.76. The number of benzene rings is 1. The van der Waals surface area contributed by atoms with E-state index in [0.717, 1.165) is 43.8 Å². The van der Waals surface area contributed by atoms with Gasteiger partial charge in [0.25, 0.3) is 5.95 Å². The molecule has 4 rings (SSSR count). The van der Waals surface area contributed by atoms with Gasteiger partial charge in [0.05, 0.1) is 5.69 Å². The topological polar surface area (TPSA) is 69.9 Å². The number of hydrogen-bond donors (Lipinski definition) is 0. The van der Waals surface area contributed by atoms with Gasteiger partial charge < -0.3 is 9.80 Å². The van der Waals surface area contributed by atoms with E-state index >= 15 is 0 Å². The Morgan fingerprint density at radius 1 is 0.615 bits per heavy atom. The molecule has 26 heavy (non-hydrogen) atoms. The highest BCUT2D eigenvalue weighted by Crippen LogP contribution is 2.24. The summed E-state index contributed by atoms with van der Waals surface area (Å²) in [5, 5.41) is 8.58. The second-order valence-electron chi connectivity index (χ2n) is 6.87. The average molecular weight is 351 g/mol. The van der Waals surface area contributed by atoms with Crippen molar-refractivity contribution in [1.82, 2.24) is 15.0 Å². The maximum Gasteiger partial charge on any atom is 0.275 e. The van der Waals surface area contributed by atoms with Gasteiger partial charge in [-0.25, -0.2) is 0 Å². The Hall–Kier alpha value is -2.57. The number of azo groups is 1. The summed E-state index contributed by atoms with van der Waals surface area (Å²) in [7, 11) is 0. The van der Waals surface area contributed by atoms with Crippen LogP contribution in [0.4, 0.5) is 23.5 Å². The molecular weight excluding hydrogens is 326 g/mol. The number of piperidine rings is 2. The largest absolute Gasteiger partial charge is 0.341 e. The second-order valence-corrected chi connectivity index (χ2v) is 6.87. The summed E-state index contributed by atoms with van der Waals surface area (Å²) in [6.07, 6.45) is 7.30. The highest BCUT2D eigenvalue weighted by atomic mass is 15.4. The molecule has 1 aromatic carbocycles. The molecule has 3 heterocycles. The summed E-state index contributed by atoms with van der Waals surface area (Å²) in [5.41, 5.74) is 0.798. The third-order valence-corrected chi connectivity index (χ3v) is 4.89. The molecule has 2 aliphatic rings. The predicted octanol–water partition coefficient (Wildman–Crippen LogP) is 4.27. The molecular formula is C19H25N7. The van der Waals surface area contributed by atoms with Gasteiger partial charge >= 0.3 is 0 Å². The minimum absolute atomic E-state index is 0.394. The molecule has 0 saturated carbocycles. The van der Waals surface area contributed by atoms with Crippen LogP contribution < -0.4 is 9.80 Å². The van der Waals surface area contributed by atoms with E-state index in [0.29, 0.717) is 5.95 Å². The van der Waals surface area contributed by atoms with Crippen LogP contribution in [0.25, 0.3) is 0 Å². The third kappa shape index (κ3) is 4.15. The van der Waals surface area contributed by atoms with Crippen LogP contribution in [0.1, 0.15) is 38.5 Å². The molecule has 2 aliphatic heterocycles. The molecule has 0 spiro atoms. The van der Waals surface area contributed by atoms with Gasteiger partial charge in [-0.2, -0.15) is 15.0 Å². The van der Waals surface area contributed by atoms with Crippen molar-refractivity contribution in [3.8, 4) is 0 Å². The lowest BCUT2D eigenvalue weighted by atomic mass is 10.1. The Labute approximate surface area is 154 Å². The molecule has 0 amide bonds. The summed E-state index contributed by atoms with van der Waals surface area (Å²) >= 11 is 0. The van der Waals surface area contributed by atoms with Crippen LogP contribution in [-0.2, 0) is 0 Å². The quantitative estimate of drug-likeness (QED) is 0.770. The molecule has 0 unspecified atom stereocenters. The van der Waals surface area contributed by atoms with Gasteiger partial charge in [-0.05, 0) is 50.7 Å². The average Bonchev–Trinajstić information content (AvgIpc) is 2.74. The summed E-state index contributed by atoms with van der Waals surface area (Å²) in [6.45, 7) is 3.99. The van der Waals surface area contributed by atoms with E-state index in [4.69, 9.17) is 4.98 Å². The molecule has 0 aliphatic carbocycles. The number of hydrogen-bond acceptors (Lipinski definition) is 7. The zero-order valence-corrected chi connectivity index (χ0v) is 15.1. The molecule has 0 N–H and O–H groups in total. The number of aromatic nitrogens is 3. The van der Waals surface area contributed by atoms with Crippen molar-refractivity contribution in [2.45, 2.75) is 38.5 Å². The molecule has 0 bridgehead atoms. The fourth-order valence-electron chi connectivity index (χ4n) is 3.46. The van der Waals surface area contributed by atoms with Crippen LogP contribution in [0.3, 0.4) is 0 Å². The number of anilines is 2. The van der Waals surface area contributed by atoms with Gasteiger partial charge in [0, 0.05) is 26.2 Å². The van der Waals surface area contributed by atoms with Gasteiger partial charge in [0.15, 0.2) is 0 Å². The van der Waals surface area contributed by atoms with Crippen LogP contribution in [0, 0.1) is 0 Å². The van der Waals surface area contributed by atoms with Crippen molar-refractivity contribution in [3.05, 3.63) is 30.3 Å². The molecule has 2 aromatic rings. The highest BCUT2D eigenvalue weighted by molar-refractivity contribution is 5.44. The predicted molar refractivity (Wildman–Crippen MR) is 103 cm³/mol. The van der Waals surface area contributed by atoms with E-state index in [1.54, 1.807) is 0 Å². The van der Waals surface area contributed by atoms with E-state index < -0.39 is 0 Å². The van der Waals surface area contributed by atoms with Crippen LogP contribution >= 0.6 is 0 Å². The van der Waals surface area contributed by atoms with Crippen LogP contribution in [0.15, 0.2) is 40.6 Å². The lowest BCUT2D eigenvalue weighted by molar-refractivity contribution is 0.556. The van der Waals surface area contributed by atoms with E-state index in [1.165, 1.54) is 38.5 Å². The molecule has 2 fully saturated rings. The van der Waals surface area contributed by atoms with Crippen molar-refractivity contribution >= 4 is 23.5 Å². The first-order valence-corrected chi connectivity index (χ1v) is 9.61. The van der Waals surface area contributed by atoms with Gasteiger partial charge in [-0.3, -0.25) is 0 Å². The normalized spacial score (nSPS) is 18.5. The number of nitrogens with zero attached hydrogens (tertiary/aromatic N) is 7. The first kappa shape index (κ1) is 16.9. The summed E-state index contributed by atoms with van der Waals surface area (Å²) in [5.74, 6) is 1.87. The Morgan fingerprint density at radius 2 is 1.15 bits per heavy atom. The molecule has 7 nitrogen and oxygen atoms in total. The van der Waals surface area contributed by atoms with Crippen molar-refractivity contribution in [3.63, 3.8) is 0 Å². The van der Waals surface area contributed by atoms with Crippen molar-refractivity contribution in [2.75, 3.05) is 36.0 Å².